The fourth-order valence-electron chi connectivity index (χ4n) is 2.36. The van der Waals surface area contributed by atoms with Crippen LogP contribution in [0.4, 0.5) is 0 Å². The van der Waals surface area contributed by atoms with Crippen molar-refractivity contribution in [3.63, 3.8) is 0 Å². The Bertz CT molecular complexity index is 252. The van der Waals surface area contributed by atoms with Crippen LogP contribution >= 0.6 is 0 Å². The van der Waals surface area contributed by atoms with E-state index in [9.17, 15) is 0 Å². The number of nitrogens with one attached hydrogen (secondary N) is 1. The highest BCUT2D eigenvalue weighted by Crippen LogP contribution is 2.28. The molecule has 2 heteroatoms. The lowest BCUT2D eigenvalue weighted by Gasteiger charge is -2.43. The second kappa shape index (κ2) is 7.08. The maximum atomic E-state index is 3.70. The summed E-state index contributed by atoms with van der Waals surface area (Å²) in [4.78, 5) is 2.53. The fraction of sp³-hybridized carbons (Fsp3) is 1.00. The first kappa shape index (κ1) is 18.9. The molecule has 19 heavy (non-hydrogen) atoms. The van der Waals surface area contributed by atoms with Crippen LogP contribution in [0.15, 0.2) is 0 Å². The molecule has 116 valence electrons. The van der Waals surface area contributed by atoms with Crippen molar-refractivity contribution >= 4 is 0 Å². The Morgan fingerprint density at radius 3 is 1.84 bits per heavy atom. The molecule has 0 bridgehead atoms. The minimum atomic E-state index is 0.202. The van der Waals surface area contributed by atoms with E-state index in [2.05, 4.69) is 72.7 Å². The Morgan fingerprint density at radius 1 is 0.947 bits per heavy atom. The largest absolute Gasteiger partial charge is 0.311 e. The molecule has 0 aromatic rings. The predicted molar refractivity (Wildman–Crippen MR) is 87.8 cm³/mol. The molecule has 0 aliphatic rings. The highest BCUT2D eigenvalue weighted by atomic mass is 15.2. The SMILES string of the molecule is CCCC(C)(CNC(C)(C)C)CN(C)C(C)(C)CC. The van der Waals surface area contributed by atoms with Crippen LogP contribution in [-0.4, -0.2) is 36.1 Å². The quantitative estimate of drug-likeness (QED) is 0.707. The summed E-state index contributed by atoms with van der Waals surface area (Å²) in [6, 6.07) is 0. The summed E-state index contributed by atoms with van der Waals surface area (Å²) in [7, 11) is 2.27. The minimum absolute atomic E-state index is 0.202. The van der Waals surface area contributed by atoms with Crippen LogP contribution in [0.5, 0.6) is 0 Å². The van der Waals surface area contributed by atoms with E-state index in [0.717, 1.165) is 13.1 Å². The predicted octanol–water partition coefficient (Wildman–Crippen LogP) is 4.30. The van der Waals surface area contributed by atoms with Crippen LogP contribution in [0.2, 0.25) is 0 Å². The molecule has 0 amide bonds. The Morgan fingerprint density at radius 2 is 1.47 bits per heavy atom. The van der Waals surface area contributed by atoms with Crippen molar-refractivity contribution in [2.45, 2.75) is 85.7 Å². The Kier molecular flexibility index (Phi) is 7.05. The van der Waals surface area contributed by atoms with Crippen molar-refractivity contribution in [2.24, 2.45) is 5.41 Å². The molecule has 1 unspecified atom stereocenters. The molecule has 0 aliphatic heterocycles. The molecule has 0 radical (unpaired) electrons. The van der Waals surface area contributed by atoms with Crippen LogP contribution in [0.3, 0.4) is 0 Å². The monoisotopic (exact) mass is 270 g/mol. The third kappa shape index (κ3) is 7.31. The lowest BCUT2D eigenvalue weighted by molar-refractivity contribution is 0.0801. The lowest BCUT2D eigenvalue weighted by atomic mass is 9.82. The molecule has 0 heterocycles. The van der Waals surface area contributed by atoms with Gasteiger partial charge in [-0.15, -0.1) is 0 Å². The van der Waals surface area contributed by atoms with E-state index in [0.29, 0.717) is 5.41 Å². The van der Waals surface area contributed by atoms with Gasteiger partial charge in [0.05, 0.1) is 0 Å². The molecule has 0 saturated heterocycles. The van der Waals surface area contributed by atoms with Crippen molar-refractivity contribution in [1.82, 2.24) is 10.2 Å². The van der Waals surface area contributed by atoms with Gasteiger partial charge in [-0.1, -0.05) is 27.2 Å². The molecule has 0 fully saturated rings. The first-order valence-electron chi connectivity index (χ1n) is 7.92. The Labute approximate surface area is 122 Å². The summed E-state index contributed by atoms with van der Waals surface area (Å²) >= 11 is 0. The Hall–Kier alpha value is -0.0800. The molecule has 2 nitrogen and oxygen atoms in total. The first-order valence-corrected chi connectivity index (χ1v) is 7.92. The van der Waals surface area contributed by atoms with E-state index in [-0.39, 0.29) is 11.1 Å². The van der Waals surface area contributed by atoms with Crippen molar-refractivity contribution in [3.8, 4) is 0 Å². The number of hydrogen-bond acceptors (Lipinski definition) is 2. The van der Waals surface area contributed by atoms with Crippen LogP contribution < -0.4 is 5.32 Å². The van der Waals surface area contributed by atoms with E-state index in [1.165, 1.54) is 19.3 Å². The standard InChI is InChI=1S/C17H38N2/c1-10-12-17(8,13-18-15(3,4)5)14-19(9)16(6,7)11-2/h18H,10-14H2,1-9H3. The zero-order chi connectivity index (χ0) is 15.3. The topological polar surface area (TPSA) is 15.3 Å². The van der Waals surface area contributed by atoms with Gasteiger partial charge >= 0.3 is 0 Å². The van der Waals surface area contributed by atoms with Crippen molar-refractivity contribution in [2.75, 3.05) is 20.1 Å². The zero-order valence-corrected chi connectivity index (χ0v) is 15.0. The minimum Gasteiger partial charge on any atom is -0.311 e. The van der Waals surface area contributed by atoms with Gasteiger partial charge in [-0.05, 0) is 59.9 Å². The van der Waals surface area contributed by atoms with Gasteiger partial charge in [-0.3, -0.25) is 0 Å². The number of nitrogens with zero attached hydrogens (tertiary/aromatic N) is 1. The van der Waals surface area contributed by atoms with E-state index < -0.39 is 0 Å². The van der Waals surface area contributed by atoms with Crippen LogP contribution in [0.1, 0.15) is 74.7 Å². The summed E-state index contributed by atoms with van der Waals surface area (Å²) in [5.74, 6) is 0. The normalized spacial score (nSPS) is 16.7. The van der Waals surface area contributed by atoms with E-state index in [1.54, 1.807) is 0 Å². The summed E-state index contributed by atoms with van der Waals surface area (Å²) in [5, 5.41) is 3.70. The van der Waals surface area contributed by atoms with Gasteiger partial charge in [0.2, 0.25) is 0 Å². The van der Waals surface area contributed by atoms with Crippen LogP contribution in [0.25, 0.3) is 0 Å². The smallest absolute Gasteiger partial charge is 0.0147 e. The molecule has 1 N–H and O–H groups in total. The van der Waals surface area contributed by atoms with Gasteiger partial charge in [0.15, 0.2) is 0 Å². The molecule has 0 aromatic heterocycles. The maximum Gasteiger partial charge on any atom is 0.0147 e. The van der Waals surface area contributed by atoms with E-state index in [4.69, 9.17) is 0 Å². The number of rotatable bonds is 8. The summed E-state index contributed by atoms with van der Waals surface area (Å²) < 4.78 is 0. The zero-order valence-electron chi connectivity index (χ0n) is 15.0. The fourth-order valence-corrected chi connectivity index (χ4v) is 2.36. The average Bonchev–Trinajstić information content (AvgIpc) is 2.26. The summed E-state index contributed by atoms with van der Waals surface area (Å²) in [6.07, 6.45) is 3.72. The van der Waals surface area contributed by atoms with Crippen molar-refractivity contribution < 1.29 is 0 Å². The number of hydrogen-bond donors (Lipinski definition) is 1. The molecular formula is C17H38N2. The van der Waals surface area contributed by atoms with Crippen molar-refractivity contribution in [3.05, 3.63) is 0 Å². The lowest BCUT2D eigenvalue weighted by Crippen LogP contribution is -2.51. The van der Waals surface area contributed by atoms with Gasteiger partial charge < -0.3 is 10.2 Å². The molecule has 0 rings (SSSR count). The van der Waals surface area contributed by atoms with E-state index >= 15 is 0 Å². The van der Waals surface area contributed by atoms with Gasteiger partial charge in [0.25, 0.3) is 0 Å². The van der Waals surface area contributed by atoms with Crippen LogP contribution in [-0.2, 0) is 0 Å². The molecule has 1 atom stereocenters. The van der Waals surface area contributed by atoms with Crippen LogP contribution in [0, 0.1) is 5.41 Å². The highest BCUT2D eigenvalue weighted by Gasteiger charge is 2.31. The average molecular weight is 271 g/mol. The van der Waals surface area contributed by atoms with Gasteiger partial charge in [-0.2, -0.15) is 0 Å². The van der Waals surface area contributed by atoms with Crippen molar-refractivity contribution in [1.29, 1.82) is 0 Å². The molecule has 0 spiro atoms. The van der Waals surface area contributed by atoms with Gasteiger partial charge in [0, 0.05) is 24.2 Å². The summed E-state index contributed by atoms with van der Waals surface area (Å²) in [6.45, 7) is 20.7. The first-order chi connectivity index (χ1) is 8.46. The maximum absolute atomic E-state index is 3.70. The third-order valence-electron chi connectivity index (χ3n) is 4.42. The van der Waals surface area contributed by atoms with Gasteiger partial charge in [-0.25, -0.2) is 0 Å². The summed E-state index contributed by atoms with van der Waals surface area (Å²) in [5.41, 5.74) is 0.841. The molecule has 0 aliphatic carbocycles. The molecular weight excluding hydrogens is 232 g/mol. The second-order valence-corrected chi connectivity index (χ2v) is 8.19. The van der Waals surface area contributed by atoms with Gasteiger partial charge in [0.1, 0.15) is 0 Å². The second-order valence-electron chi connectivity index (χ2n) is 8.19. The highest BCUT2D eigenvalue weighted by molar-refractivity contribution is 4.87. The molecule has 0 saturated carbocycles. The van der Waals surface area contributed by atoms with E-state index in [1.807, 2.05) is 0 Å². The molecule has 0 aromatic carbocycles. The Balaban J connectivity index is 4.70. The third-order valence-corrected chi connectivity index (χ3v) is 4.42.